The zero-order valence-corrected chi connectivity index (χ0v) is 11.2. The molecular formula is C14H19NOS. The van der Waals surface area contributed by atoms with E-state index in [4.69, 9.17) is 4.74 Å². The molecule has 1 heterocycles. The van der Waals surface area contributed by atoms with Crippen molar-refractivity contribution in [3.63, 3.8) is 0 Å². The van der Waals surface area contributed by atoms with Crippen molar-refractivity contribution in [3.05, 3.63) is 35.2 Å². The second-order valence-corrected chi connectivity index (χ2v) is 5.07. The molecule has 0 aliphatic carbocycles. The number of hydrogen-bond acceptors (Lipinski definition) is 3. The third-order valence-electron chi connectivity index (χ3n) is 3.08. The summed E-state index contributed by atoms with van der Waals surface area (Å²) in [6, 6.07) is 9.04. The van der Waals surface area contributed by atoms with Gasteiger partial charge in [0.1, 0.15) is 0 Å². The molecule has 92 valence electrons. The van der Waals surface area contributed by atoms with Crippen LogP contribution >= 0.6 is 11.3 Å². The molecular weight excluding hydrogens is 230 g/mol. The number of methoxy groups -OCH3 is 1. The molecule has 0 radical (unpaired) electrons. The minimum Gasteiger partial charge on any atom is -0.385 e. The molecule has 1 aromatic heterocycles. The van der Waals surface area contributed by atoms with Crippen LogP contribution in [0.5, 0.6) is 0 Å². The molecule has 0 bridgehead atoms. The van der Waals surface area contributed by atoms with Crippen molar-refractivity contribution in [1.82, 2.24) is 5.32 Å². The summed E-state index contributed by atoms with van der Waals surface area (Å²) >= 11 is 1.83. The fourth-order valence-corrected chi connectivity index (χ4v) is 3.17. The number of hydrogen-bond donors (Lipinski definition) is 1. The molecule has 0 spiro atoms. The lowest BCUT2D eigenvalue weighted by Gasteiger charge is -2.15. The minimum atomic E-state index is 0.432. The van der Waals surface area contributed by atoms with E-state index < -0.39 is 0 Å². The number of rotatable bonds is 6. The van der Waals surface area contributed by atoms with Gasteiger partial charge >= 0.3 is 0 Å². The normalized spacial score (nSPS) is 13.1. The first kappa shape index (κ1) is 12.6. The number of benzene rings is 1. The van der Waals surface area contributed by atoms with Gasteiger partial charge in [-0.1, -0.05) is 18.2 Å². The van der Waals surface area contributed by atoms with Crippen molar-refractivity contribution >= 4 is 21.4 Å². The summed E-state index contributed by atoms with van der Waals surface area (Å²) in [5.41, 5.74) is 1.42. The lowest BCUT2D eigenvalue weighted by Crippen LogP contribution is -2.16. The highest BCUT2D eigenvalue weighted by atomic mass is 32.1. The Balaban J connectivity index is 2.18. The molecule has 0 aliphatic heterocycles. The van der Waals surface area contributed by atoms with Crippen LogP contribution in [0.3, 0.4) is 0 Å². The maximum absolute atomic E-state index is 5.12. The Morgan fingerprint density at radius 2 is 2.18 bits per heavy atom. The third kappa shape index (κ3) is 2.86. The SMILES string of the molecule is CNC(CCCOC)c1csc2ccccc12. The molecule has 2 nitrogen and oxygen atoms in total. The zero-order chi connectivity index (χ0) is 12.1. The van der Waals surface area contributed by atoms with E-state index >= 15 is 0 Å². The predicted molar refractivity (Wildman–Crippen MR) is 74.7 cm³/mol. The van der Waals surface area contributed by atoms with Crippen LogP contribution in [0.1, 0.15) is 24.4 Å². The summed E-state index contributed by atoms with van der Waals surface area (Å²) in [6.45, 7) is 0.834. The maximum atomic E-state index is 5.12. The van der Waals surface area contributed by atoms with Gasteiger partial charge < -0.3 is 10.1 Å². The van der Waals surface area contributed by atoms with Crippen molar-refractivity contribution < 1.29 is 4.74 Å². The van der Waals surface area contributed by atoms with Gasteiger partial charge in [-0.05, 0) is 42.3 Å². The van der Waals surface area contributed by atoms with Crippen molar-refractivity contribution in [2.75, 3.05) is 20.8 Å². The van der Waals surface area contributed by atoms with E-state index in [0.29, 0.717) is 6.04 Å². The van der Waals surface area contributed by atoms with Gasteiger partial charge in [0.05, 0.1) is 0 Å². The highest BCUT2D eigenvalue weighted by molar-refractivity contribution is 7.17. The summed E-state index contributed by atoms with van der Waals surface area (Å²) in [5.74, 6) is 0. The lowest BCUT2D eigenvalue weighted by molar-refractivity contribution is 0.189. The molecule has 1 unspecified atom stereocenters. The number of nitrogens with one attached hydrogen (secondary N) is 1. The van der Waals surface area contributed by atoms with E-state index in [9.17, 15) is 0 Å². The average molecular weight is 249 g/mol. The molecule has 2 rings (SSSR count). The molecule has 1 aromatic carbocycles. The van der Waals surface area contributed by atoms with Crippen LogP contribution in [0.4, 0.5) is 0 Å². The van der Waals surface area contributed by atoms with Gasteiger partial charge in [0.25, 0.3) is 0 Å². The predicted octanol–water partition coefficient (Wildman–Crippen LogP) is 3.59. The molecule has 17 heavy (non-hydrogen) atoms. The Morgan fingerprint density at radius 1 is 1.35 bits per heavy atom. The third-order valence-corrected chi connectivity index (χ3v) is 4.06. The van der Waals surface area contributed by atoms with E-state index in [0.717, 1.165) is 19.4 Å². The Bertz CT molecular complexity index is 466. The summed E-state index contributed by atoms with van der Waals surface area (Å²) in [6.07, 6.45) is 2.21. The number of thiophene rings is 1. The number of fused-ring (bicyclic) bond motifs is 1. The molecule has 2 aromatic rings. The maximum Gasteiger partial charge on any atom is 0.0462 e. The monoisotopic (exact) mass is 249 g/mol. The van der Waals surface area contributed by atoms with Crippen LogP contribution in [0.2, 0.25) is 0 Å². The highest BCUT2D eigenvalue weighted by Gasteiger charge is 2.13. The van der Waals surface area contributed by atoms with Gasteiger partial charge in [0.15, 0.2) is 0 Å². The first-order valence-corrected chi connectivity index (χ1v) is 6.87. The smallest absolute Gasteiger partial charge is 0.0462 e. The van der Waals surface area contributed by atoms with Crippen molar-refractivity contribution in [3.8, 4) is 0 Å². The summed E-state index contributed by atoms with van der Waals surface area (Å²) in [7, 11) is 3.79. The molecule has 0 amide bonds. The molecule has 1 N–H and O–H groups in total. The Morgan fingerprint density at radius 3 is 2.94 bits per heavy atom. The fourth-order valence-electron chi connectivity index (χ4n) is 2.16. The zero-order valence-electron chi connectivity index (χ0n) is 10.4. The van der Waals surface area contributed by atoms with Crippen LogP contribution < -0.4 is 5.32 Å². The van der Waals surface area contributed by atoms with E-state index in [-0.39, 0.29) is 0 Å². The summed E-state index contributed by atoms with van der Waals surface area (Å²) in [5, 5.41) is 7.07. The largest absolute Gasteiger partial charge is 0.385 e. The van der Waals surface area contributed by atoms with E-state index in [1.165, 1.54) is 15.6 Å². The summed E-state index contributed by atoms with van der Waals surface area (Å²) in [4.78, 5) is 0. The van der Waals surface area contributed by atoms with E-state index in [1.807, 2.05) is 18.4 Å². The Kier molecular flexibility index (Phi) is 4.54. The second kappa shape index (κ2) is 6.15. The topological polar surface area (TPSA) is 21.3 Å². The fraction of sp³-hybridized carbons (Fsp3) is 0.429. The van der Waals surface area contributed by atoms with E-state index in [2.05, 4.69) is 35.0 Å². The van der Waals surface area contributed by atoms with Crippen LogP contribution in [0.25, 0.3) is 10.1 Å². The molecule has 0 saturated carbocycles. The van der Waals surface area contributed by atoms with Crippen LogP contribution in [0, 0.1) is 0 Å². The Labute approximate surface area is 107 Å². The van der Waals surface area contributed by atoms with Crippen LogP contribution in [-0.4, -0.2) is 20.8 Å². The molecule has 3 heteroatoms. The summed E-state index contributed by atoms with van der Waals surface area (Å²) < 4.78 is 6.49. The lowest BCUT2D eigenvalue weighted by atomic mass is 10.0. The van der Waals surface area contributed by atoms with Gasteiger partial charge in [0, 0.05) is 24.5 Å². The standard InChI is InChI=1S/C14H19NOS/c1-15-13(7-5-9-16-2)12-10-17-14-8-4-3-6-11(12)14/h3-4,6,8,10,13,15H,5,7,9H2,1-2H3. The molecule has 0 fully saturated rings. The van der Waals surface area contributed by atoms with Gasteiger partial charge in [0.2, 0.25) is 0 Å². The van der Waals surface area contributed by atoms with Gasteiger partial charge in [-0.25, -0.2) is 0 Å². The van der Waals surface area contributed by atoms with Gasteiger partial charge in [-0.15, -0.1) is 11.3 Å². The number of ether oxygens (including phenoxy) is 1. The molecule has 1 atom stereocenters. The Hall–Kier alpha value is -0.900. The van der Waals surface area contributed by atoms with Gasteiger partial charge in [-0.3, -0.25) is 0 Å². The average Bonchev–Trinajstić information content (AvgIpc) is 2.79. The first-order valence-electron chi connectivity index (χ1n) is 5.99. The minimum absolute atomic E-state index is 0.432. The highest BCUT2D eigenvalue weighted by Crippen LogP contribution is 2.31. The van der Waals surface area contributed by atoms with Gasteiger partial charge in [-0.2, -0.15) is 0 Å². The van der Waals surface area contributed by atoms with Crippen molar-refractivity contribution in [1.29, 1.82) is 0 Å². The van der Waals surface area contributed by atoms with Crippen molar-refractivity contribution in [2.45, 2.75) is 18.9 Å². The van der Waals surface area contributed by atoms with E-state index in [1.54, 1.807) is 7.11 Å². The first-order chi connectivity index (χ1) is 8.36. The van der Waals surface area contributed by atoms with Crippen molar-refractivity contribution in [2.24, 2.45) is 0 Å². The van der Waals surface area contributed by atoms with Crippen LogP contribution in [-0.2, 0) is 4.74 Å². The molecule has 0 aliphatic rings. The van der Waals surface area contributed by atoms with Crippen LogP contribution in [0.15, 0.2) is 29.6 Å². The molecule has 0 saturated heterocycles. The second-order valence-electron chi connectivity index (χ2n) is 4.16. The quantitative estimate of drug-likeness (QED) is 0.790.